The van der Waals surface area contributed by atoms with Crippen molar-refractivity contribution < 1.29 is 4.74 Å². The van der Waals surface area contributed by atoms with Crippen LogP contribution in [0.1, 0.15) is 0 Å². The zero-order chi connectivity index (χ0) is 12.5. The molecule has 3 nitrogen and oxygen atoms in total. The SMILES string of the molecule is COc1ccc2nc(-c3ccccc3Cl)cn2c1. The van der Waals surface area contributed by atoms with Gasteiger partial charge in [-0.1, -0.05) is 29.8 Å². The molecule has 0 aliphatic rings. The fourth-order valence-corrected chi connectivity index (χ4v) is 2.12. The molecule has 0 bridgehead atoms. The lowest BCUT2D eigenvalue weighted by Gasteiger charge is -1.98. The second-order valence-corrected chi connectivity index (χ2v) is 4.35. The van der Waals surface area contributed by atoms with E-state index in [0.29, 0.717) is 5.02 Å². The number of ether oxygens (including phenoxy) is 1. The molecular formula is C14H11ClN2O. The molecule has 4 heteroatoms. The van der Waals surface area contributed by atoms with Gasteiger partial charge in [0.15, 0.2) is 0 Å². The third kappa shape index (κ3) is 1.83. The van der Waals surface area contributed by atoms with E-state index < -0.39 is 0 Å². The summed E-state index contributed by atoms with van der Waals surface area (Å²) in [5.74, 6) is 0.797. The van der Waals surface area contributed by atoms with E-state index in [0.717, 1.165) is 22.7 Å². The molecule has 0 saturated heterocycles. The summed E-state index contributed by atoms with van der Waals surface area (Å²) in [6, 6.07) is 11.5. The van der Waals surface area contributed by atoms with Crippen molar-refractivity contribution >= 4 is 17.2 Å². The summed E-state index contributed by atoms with van der Waals surface area (Å²) in [5.41, 5.74) is 2.65. The maximum Gasteiger partial charge on any atom is 0.137 e. The zero-order valence-electron chi connectivity index (χ0n) is 9.80. The monoisotopic (exact) mass is 258 g/mol. The topological polar surface area (TPSA) is 26.5 Å². The molecule has 0 amide bonds. The third-order valence-electron chi connectivity index (χ3n) is 2.81. The van der Waals surface area contributed by atoms with Crippen LogP contribution in [0.25, 0.3) is 16.9 Å². The second kappa shape index (κ2) is 4.35. The minimum absolute atomic E-state index is 0.702. The van der Waals surface area contributed by atoms with Crippen molar-refractivity contribution in [2.75, 3.05) is 7.11 Å². The van der Waals surface area contributed by atoms with Gasteiger partial charge in [-0.15, -0.1) is 0 Å². The molecule has 3 aromatic rings. The fraction of sp³-hybridized carbons (Fsp3) is 0.0714. The van der Waals surface area contributed by atoms with Gasteiger partial charge in [-0.05, 0) is 18.2 Å². The van der Waals surface area contributed by atoms with Crippen LogP contribution in [0.2, 0.25) is 5.02 Å². The smallest absolute Gasteiger partial charge is 0.137 e. The quantitative estimate of drug-likeness (QED) is 0.701. The molecule has 0 fully saturated rings. The first-order chi connectivity index (χ1) is 8.78. The largest absolute Gasteiger partial charge is 0.495 e. The van der Waals surface area contributed by atoms with Crippen LogP contribution in [0.4, 0.5) is 0 Å². The van der Waals surface area contributed by atoms with Gasteiger partial charge in [-0.3, -0.25) is 0 Å². The van der Waals surface area contributed by atoms with Crippen LogP contribution in [0.15, 0.2) is 48.8 Å². The molecule has 0 saturated carbocycles. The highest BCUT2D eigenvalue weighted by molar-refractivity contribution is 6.33. The standard InChI is InChI=1S/C14H11ClN2O/c1-18-10-6-7-14-16-13(9-17(14)8-10)11-4-2-3-5-12(11)15/h2-9H,1H3. The maximum atomic E-state index is 6.17. The number of hydrogen-bond acceptors (Lipinski definition) is 2. The second-order valence-electron chi connectivity index (χ2n) is 3.94. The molecular weight excluding hydrogens is 248 g/mol. The van der Waals surface area contributed by atoms with E-state index in [1.54, 1.807) is 7.11 Å². The van der Waals surface area contributed by atoms with E-state index in [1.165, 1.54) is 0 Å². The summed E-state index contributed by atoms with van der Waals surface area (Å²) in [4.78, 5) is 4.54. The number of rotatable bonds is 2. The minimum atomic E-state index is 0.702. The molecule has 0 N–H and O–H groups in total. The van der Waals surface area contributed by atoms with Crippen molar-refractivity contribution in [3.8, 4) is 17.0 Å². The van der Waals surface area contributed by atoms with Gasteiger partial charge in [0.25, 0.3) is 0 Å². The molecule has 1 aromatic carbocycles. The van der Waals surface area contributed by atoms with Gasteiger partial charge >= 0.3 is 0 Å². The highest BCUT2D eigenvalue weighted by Gasteiger charge is 2.07. The van der Waals surface area contributed by atoms with E-state index in [1.807, 2.05) is 53.2 Å². The normalized spacial score (nSPS) is 10.8. The van der Waals surface area contributed by atoms with Crippen LogP contribution < -0.4 is 4.74 Å². The maximum absolute atomic E-state index is 6.17. The van der Waals surface area contributed by atoms with E-state index >= 15 is 0 Å². The highest BCUT2D eigenvalue weighted by Crippen LogP contribution is 2.27. The van der Waals surface area contributed by atoms with Gasteiger partial charge in [0.05, 0.1) is 24.0 Å². The van der Waals surface area contributed by atoms with E-state index in [9.17, 15) is 0 Å². The van der Waals surface area contributed by atoms with Crippen molar-refractivity contribution in [1.82, 2.24) is 9.38 Å². The Kier molecular flexibility index (Phi) is 2.68. The molecule has 0 unspecified atom stereocenters. The fourth-order valence-electron chi connectivity index (χ4n) is 1.89. The molecule has 2 heterocycles. The third-order valence-corrected chi connectivity index (χ3v) is 3.14. The van der Waals surface area contributed by atoms with Crippen LogP contribution in [0.3, 0.4) is 0 Å². The number of pyridine rings is 1. The minimum Gasteiger partial charge on any atom is -0.495 e. The van der Waals surface area contributed by atoms with Gasteiger partial charge in [0.1, 0.15) is 11.4 Å². The van der Waals surface area contributed by atoms with Crippen LogP contribution in [-0.4, -0.2) is 16.5 Å². The number of imidazole rings is 1. The Labute approximate surface area is 110 Å². The lowest BCUT2D eigenvalue weighted by Crippen LogP contribution is -1.86. The zero-order valence-corrected chi connectivity index (χ0v) is 10.6. The Morgan fingerprint density at radius 1 is 1.11 bits per heavy atom. The van der Waals surface area contributed by atoms with Gasteiger partial charge in [0, 0.05) is 11.8 Å². The average Bonchev–Trinajstić information content (AvgIpc) is 2.81. The van der Waals surface area contributed by atoms with Crippen LogP contribution in [0.5, 0.6) is 5.75 Å². The van der Waals surface area contributed by atoms with Crippen molar-refractivity contribution in [3.63, 3.8) is 0 Å². The molecule has 0 spiro atoms. The van der Waals surface area contributed by atoms with Gasteiger partial charge < -0.3 is 9.14 Å². The van der Waals surface area contributed by atoms with Crippen LogP contribution >= 0.6 is 11.6 Å². The summed E-state index contributed by atoms with van der Waals surface area (Å²) in [7, 11) is 1.65. The first kappa shape index (κ1) is 11.1. The lowest BCUT2D eigenvalue weighted by atomic mass is 10.2. The van der Waals surface area contributed by atoms with E-state index in [4.69, 9.17) is 16.3 Å². The Hall–Kier alpha value is -2.00. The predicted molar refractivity (Wildman–Crippen MR) is 72.2 cm³/mol. The first-order valence-electron chi connectivity index (χ1n) is 5.55. The number of hydrogen-bond donors (Lipinski definition) is 0. The van der Waals surface area contributed by atoms with Gasteiger partial charge in [0.2, 0.25) is 0 Å². The molecule has 0 atom stereocenters. The number of benzene rings is 1. The number of methoxy groups -OCH3 is 1. The Morgan fingerprint density at radius 3 is 2.72 bits per heavy atom. The predicted octanol–water partition coefficient (Wildman–Crippen LogP) is 3.66. The summed E-state index contributed by atoms with van der Waals surface area (Å²) in [5, 5.41) is 0.702. The number of halogens is 1. The van der Waals surface area contributed by atoms with Crippen molar-refractivity contribution in [3.05, 3.63) is 53.8 Å². The van der Waals surface area contributed by atoms with Crippen molar-refractivity contribution in [2.45, 2.75) is 0 Å². The number of nitrogens with zero attached hydrogens (tertiary/aromatic N) is 2. The highest BCUT2D eigenvalue weighted by atomic mass is 35.5. The molecule has 90 valence electrons. The summed E-state index contributed by atoms with van der Waals surface area (Å²) in [6.07, 6.45) is 3.84. The molecule has 2 aromatic heterocycles. The van der Waals surface area contributed by atoms with Gasteiger partial charge in [-0.25, -0.2) is 4.98 Å². The number of aromatic nitrogens is 2. The van der Waals surface area contributed by atoms with Crippen LogP contribution in [-0.2, 0) is 0 Å². The summed E-state index contributed by atoms with van der Waals surface area (Å²) < 4.78 is 7.11. The first-order valence-corrected chi connectivity index (χ1v) is 5.93. The summed E-state index contributed by atoms with van der Waals surface area (Å²) >= 11 is 6.17. The number of fused-ring (bicyclic) bond motifs is 1. The molecule has 3 rings (SSSR count). The van der Waals surface area contributed by atoms with E-state index in [2.05, 4.69) is 4.98 Å². The summed E-state index contributed by atoms with van der Waals surface area (Å²) in [6.45, 7) is 0. The Bertz CT molecular complexity index is 706. The van der Waals surface area contributed by atoms with Crippen molar-refractivity contribution in [1.29, 1.82) is 0 Å². The molecule has 0 aliphatic heterocycles. The lowest BCUT2D eigenvalue weighted by molar-refractivity contribution is 0.412. The van der Waals surface area contributed by atoms with E-state index in [-0.39, 0.29) is 0 Å². The van der Waals surface area contributed by atoms with Crippen molar-refractivity contribution in [2.24, 2.45) is 0 Å². The van der Waals surface area contributed by atoms with Gasteiger partial charge in [-0.2, -0.15) is 0 Å². The Balaban J connectivity index is 2.17. The molecule has 0 aliphatic carbocycles. The Morgan fingerprint density at radius 2 is 1.94 bits per heavy atom. The molecule has 18 heavy (non-hydrogen) atoms. The van der Waals surface area contributed by atoms with Crippen LogP contribution in [0, 0.1) is 0 Å². The molecule has 0 radical (unpaired) electrons. The average molecular weight is 259 g/mol.